The van der Waals surface area contributed by atoms with Gasteiger partial charge in [0.1, 0.15) is 5.15 Å². The van der Waals surface area contributed by atoms with Crippen molar-refractivity contribution in [2.45, 2.75) is 38.1 Å². The molecule has 0 aliphatic heterocycles. The van der Waals surface area contributed by atoms with Crippen LogP contribution in [0.3, 0.4) is 0 Å². The smallest absolute Gasteiger partial charge is 0.251 e. The average Bonchev–Trinajstić information content (AvgIpc) is 2.63. The van der Waals surface area contributed by atoms with Crippen molar-refractivity contribution in [2.75, 3.05) is 6.61 Å². The maximum atomic E-state index is 12.2. The van der Waals surface area contributed by atoms with Gasteiger partial charge in [0.05, 0.1) is 0 Å². The summed E-state index contributed by atoms with van der Waals surface area (Å²) in [6, 6.07) is 3.25. The van der Waals surface area contributed by atoms with Gasteiger partial charge in [-0.3, -0.25) is 4.79 Å². The highest BCUT2D eigenvalue weighted by molar-refractivity contribution is 6.29. The van der Waals surface area contributed by atoms with Gasteiger partial charge in [-0.1, -0.05) is 30.9 Å². The Morgan fingerprint density at radius 2 is 2.21 bits per heavy atom. The van der Waals surface area contributed by atoms with Gasteiger partial charge in [-0.15, -0.1) is 0 Å². The van der Waals surface area contributed by atoms with Gasteiger partial charge in [-0.2, -0.15) is 0 Å². The number of halogens is 1. The molecule has 4 nitrogen and oxygen atoms in total. The van der Waals surface area contributed by atoms with E-state index in [1.54, 1.807) is 12.1 Å². The van der Waals surface area contributed by atoms with Gasteiger partial charge in [0.2, 0.25) is 0 Å². The number of pyridine rings is 1. The summed E-state index contributed by atoms with van der Waals surface area (Å²) in [5, 5.41) is 12.8. The third-order valence-corrected chi connectivity index (χ3v) is 3.91. The summed E-state index contributed by atoms with van der Waals surface area (Å²) in [7, 11) is 0. The maximum Gasteiger partial charge on any atom is 0.251 e. The third kappa shape index (κ3) is 3.91. The Hall–Kier alpha value is -1.13. The van der Waals surface area contributed by atoms with Crippen molar-refractivity contribution in [3.8, 4) is 0 Å². The summed E-state index contributed by atoms with van der Waals surface area (Å²) in [5.41, 5.74) is 0.515. The van der Waals surface area contributed by atoms with Gasteiger partial charge in [0, 0.05) is 30.3 Å². The highest BCUT2D eigenvalue weighted by atomic mass is 35.5. The van der Waals surface area contributed by atoms with E-state index in [0.717, 1.165) is 25.7 Å². The molecule has 0 spiro atoms. The molecule has 0 bridgehead atoms. The Labute approximate surface area is 118 Å². The van der Waals surface area contributed by atoms with Crippen molar-refractivity contribution in [2.24, 2.45) is 5.92 Å². The van der Waals surface area contributed by atoms with Crippen LogP contribution in [0, 0.1) is 5.92 Å². The number of carbonyl (C=O) groups excluding carboxylic acids is 1. The lowest BCUT2D eigenvalue weighted by molar-refractivity contribution is 0.0899. The van der Waals surface area contributed by atoms with Crippen LogP contribution in [0.25, 0.3) is 0 Å². The third-order valence-electron chi connectivity index (χ3n) is 3.70. The minimum atomic E-state index is -0.144. The van der Waals surface area contributed by atoms with E-state index in [-0.39, 0.29) is 24.5 Å². The molecule has 0 aromatic carbocycles. The van der Waals surface area contributed by atoms with Crippen LogP contribution in [0.1, 0.15) is 42.5 Å². The van der Waals surface area contributed by atoms with E-state index in [4.69, 9.17) is 11.6 Å². The van der Waals surface area contributed by atoms with E-state index in [1.807, 2.05) is 0 Å². The molecule has 0 saturated heterocycles. The fourth-order valence-electron chi connectivity index (χ4n) is 2.59. The fourth-order valence-corrected chi connectivity index (χ4v) is 2.76. The Morgan fingerprint density at radius 1 is 1.42 bits per heavy atom. The largest absolute Gasteiger partial charge is 0.396 e. The molecule has 2 atom stereocenters. The number of amides is 1. The van der Waals surface area contributed by atoms with Crippen molar-refractivity contribution in [3.63, 3.8) is 0 Å². The first-order valence-electron chi connectivity index (χ1n) is 6.74. The number of aromatic nitrogens is 1. The molecule has 1 heterocycles. The predicted octanol–water partition coefficient (Wildman–Crippen LogP) is 2.41. The van der Waals surface area contributed by atoms with Crippen LogP contribution < -0.4 is 5.32 Å². The molecule has 2 N–H and O–H groups in total. The van der Waals surface area contributed by atoms with Gasteiger partial charge in [-0.05, 0) is 25.0 Å². The number of nitrogens with zero attached hydrogens (tertiary/aromatic N) is 1. The van der Waals surface area contributed by atoms with E-state index in [1.165, 1.54) is 12.6 Å². The molecule has 0 radical (unpaired) electrons. The van der Waals surface area contributed by atoms with Crippen LogP contribution >= 0.6 is 11.6 Å². The second-order valence-corrected chi connectivity index (χ2v) is 5.42. The molecule has 1 aromatic rings. The molecule has 5 heteroatoms. The zero-order valence-electron chi connectivity index (χ0n) is 10.8. The molecule has 1 saturated carbocycles. The minimum Gasteiger partial charge on any atom is -0.396 e. The monoisotopic (exact) mass is 282 g/mol. The molecule has 1 aliphatic rings. The Morgan fingerprint density at radius 3 is 2.95 bits per heavy atom. The van der Waals surface area contributed by atoms with E-state index >= 15 is 0 Å². The molecule has 1 aliphatic carbocycles. The highest BCUT2D eigenvalue weighted by Crippen LogP contribution is 2.23. The SMILES string of the molecule is O=C(NC1CCCCCC1CO)c1ccnc(Cl)c1. The number of nitrogens with one attached hydrogen (secondary N) is 1. The van der Waals surface area contributed by atoms with Gasteiger partial charge < -0.3 is 10.4 Å². The predicted molar refractivity (Wildman–Crippen MR) is 74.2 cm³/mol. The summed E-state index contributed by atoms with van der Waals surface area (Å²) in [4.78, 5) is 16.0. The topological polar surface area (TPSA) is 62.2 Å². The molecule has 19 heavy (non-hydrogen) atoms. The lowest BCUT2D eigenvalue weighted by Gasteiger charge is -2.24. The number of hydrogen-bond donors (Lipinski definition) is 2. The maximum absolute atomic E-state index is 12.2. The normalized spacial score (nSPS) is 23.7. The summed E-state index contributed by atoms with van der Waals surface area (Å²) in [5.74, 6) is 0.0124. The van der Waals surface area contributed by atoms with Crippen LogP contribution in [0.2, 0.25) is 5.15 Å². The molecule has 2 unspecified atom stereocenters. The summed E-state index contributed by atoms with van der Waals surface area (Å²) >= 11 is 5.78. The van der Waals surface area contributed by atoms with Gasteiger partial charge in [-0.25, -0.2) is 4.98 Å². The highest BCUT2D eigenvalue weighted by Gasteiger charge is 2.24. The fraction of sp³-hybridized carbons (Fsp3) is 0.571. The van der Waals surface area contributed by atoms with Crippen LogP contribution in [0.5, 0.6) is 0 Å². The lowest BCUT2D eigenvalue weighted by atomic mass is 9.95. The zero-order chi connectivity index (χ0) is 13.7. The first kappa shape index (κ1) is 14.3. The molecule has 1 fully saturated rings. The van der Waals surface area contributed by atoms with E-state index in [2.05, 4.69) is 10.3 Å². The van der Waals surface area contributed by atoms with Gasteiger partial charge >= 0.3 is 0 Å². The van der Waals surface area contributed by atoms with Crippen molar-refractivity contribution in [3.05, 3.63) is 29.0 Å². The van der Waals surface area contributed by atoms with Crippen LogP contribution in [-0.2, 0) is 0 Å². The molecular formula is C14H19ClN2O2. The average molecular weight is 283 g/mol. The molecular weight excluding hydrogens is 264 g/mol. The van der Waals surface area contributed by atoms with Crippen molar-refractivity contribution in [1.82, 2.24) is 10.3 Å². The van der Waals surface area contributed by atoms with Gasteiger partial charge in [0.15, 0.2) is 0 Å². The van der Waals surface area contributed by atoms with Crippen LogP contribution in [0.15, 0.2) is 18.3 Å². The summed E-state index contributed by atoms with van der Waals surface area (Å²) in [6.07, 6.45) is 6.81. The standard InChI is InChI=1S/C14H19ClN2O2/c15-13-8-10(6-7-16-13)14(19)17-12-5-3-1-2-4-11(12)9-18/h6-8,11-12,18H,1-5,9H2,(H,17,19). The number of aliphatic hydroxyl groups excluding tert-OH is 1. The Bertz CT molecular complexity index is 439. The number of hydrogen-bond acceptors (Lipinski definition) is 3. The minimum absolute atomic E-state index is 0.0481. The van der Waals surface area contributed by atoms with Crippen molar-refractivity contribution >= 4 is 17.5 Å². The quantitative estimate of drug-likeness (QED) is 0.661. The Kier molecular flexibility index (Phi) is 5.16. The van der Waals surface area contributed by atoms with E-state index < -0.39 is 0 Å². The molecule has 104 valence electrons. The molecule has 1 amide bonds. The van der Waals surface area contributed by atoms with Crippen molar-refractivity contribution in [1.29, 1.82) is 0 Å². The van der Waals surface area contributed by atoms with E-state index in [9.17, 15) is 9.90 Å². The van der Waals surface area contributed by atoms with E-state index in [0.29, 0.717) is 10.7 Å². The number of rotatable bonds is 3. The van der Waals surface area contributed by atoms with Crippen LogP contribution in [-0.4, -0.2) is 28.6 Å². The lowest BCUT2D eigenvalue weighted by Crippen LogP contribution is -2.41. The summed E-state index contributed by atoms with van der Waals surface area (Å²) in [6.45, 7) is 0.127. The molecule has 1 aromatic heterocycles. The number of aliphatic hydroxyl groups is 1. The van der Waals surface area contributed by atoms with Gasteiger partial charge in [0.25, 0.3) is 5.91 Å². The second kappa shape index (κ2) is 6.87. The number of carbonyl (C=O) groups is 1. The molecule has 2 rings (SSSR count). The van der Waals surface area contributed by atoms with Crippen LogP contribution in [0.4, 0.5) is 0 Å². The zero-order valence-corrected chi connectivity index (χ0v) is 11.6. The second-order valence-electron chi connectivity index (χ2n) is 5.03. The van der Waals surface area contributed by atoms with Crippen molar-refractivity contribution < 1.29 is 9.90 Å². The Balaban J connectivity index is 2.04. The first-order chi connectivity index (χ1) is 9.20. The summed E-state index contributed by atoms with van der Waals surface area (Å²) < 4.78 is 0. The first-order valence-corrected chi connectivity index (χ1v) is 7.12.